The van der Waals surface area contributed by atoms with Crippen LogP contribution >= 0.6 is 11.3 Å². The van der Waals surface area contributed by atoms with Gasteiger partial charge in [-0.2, -0.15) is 0 Å². The molecule has 1 fully saturated rings. The van der Waals surface area contributed by atoms with Gasteiger partial charge in [0.15, 0.2) is 5.13 Å². The molecule has 0 saturated carbocycles. The average molecular weight is 454 g/mol. The number of ether oxygens (including phenoxy) is 2. The molecule has 2 heterocycles. The minimum absolute atomic E-state index is 0.00747. The summed E-state index contributed by atoms with van der Waals surface area (Å²) in [5, 5.41) is 11.4. The van der Waals surface area contributed by atoms with Gasteiger partial charge in [0.1, 0.15) is 11.3 Å². The number of hydrogen-bond acceptors (Lipinski definition) is 7. The van der Waals surface area contributed by atoms with Crippen molar-refractivity contribution < 1.29 is 19.2 Å². The lowest BCUT2D eigenvalue weighted by Gasteiger charge is -2.21. The van der Waals surface area contributed by atoms with Gasteiger partial charge in [0, 0.05) is 24.8 Å². The summed E-state index contributed by atoms with van der Waals surface area (Å²) in [5.41, 5.74) is 1.44. The van der Waals surface area contributed by atoms with Gasteiger partial charge in [0.25, 0.3) is 11.6 Å². The number of amides is 1. The quantitative estimate of drug-likeness (QED) is 0.275. The average Bonchev–Trinajstić information content (AvgIpc) is 3.46. The van der Waals surface area contributed by atoms with Crippen LogP contribution in [0.5, 0.6) is 5.75 Å². The second-order valence-corrected chi connectivity index (χ2v) is 8.31. The number of hydrogen-bond donors (Lipinski definition) is 0. The van der Waals surface area contributed by atoms with Crippen molar-refractivity contribution in [1.29, 1.82) is 0 Å². The number of para-hydroxylation sites is 1. The molecule has 0 aliphatic carbocycles. The molecule has 1 aliphatic heterocycles. The number of nitro benzene ring substituents is 1. The first-order valence-electron chi connectivity index (χ1n) is 10.4. The second kappa shape index (κ2) is 9.88. The molecule has 0 spiro atoms. The van der Waals surface area contributed by atoms with Crippen LogP contribution in [0.25, 0.3) is 16.3 Å². The number of fused-ring (bicyclic) bond motifs is 1. The highest BCUT2D eigenvalue weighted by Gasteiger charge is 2.25. The number of nitrogens with zero attached hydrogens (tertiary/aromatic N) is 3. The number of thiazole rings is 1. The van der Waals surface area contributed by atoms with Gasteiger partial charge in [-0.3, -0.25) is 19.8 Å². The van der Waals surface area contributed by atoms with Gasteiger partial charge in [0.05, 0.1) is 28.9 Å². The van der Waals surface area contributed by atoms with Crippen molar-refractivity contribution in [1.82, 2.24) is 4.98 Å². The third kappa shape index (κ3) is 4.95. The van der Waals surface area contributed by atoms with Crippen LogP contribution < -0.4 is 9.64 Å². The van der Waals surface area contributed by atoms with Gasteiger partial charge in [-0.1, -0.05) is 17.4 Å². The van der Waals surface area contributed by atoms with E-state index in [2.05, 4.69) is 0 Å². The van der Waals surface area contributed by atoms with Gasteiger partial charge >= 0.3 is 0 Å². The van der Waals surface area contributed by atoms with Crippen LogP contribution in [0.3, 0.4) is 0 Å². The molecular weight excluding hydrogens is 430 g/mol. The molecule has 1 aliphatic rings. The van der Waals surface area contributed by atoms with Gasteiger partial charge in [-0.05, 0) is 55.7 Å². The predicted octanol–water partition coefficient (Wildman–Crippen LogP) is 4.83. The maximum Gasteiger partial charge on any atom is 0.269 e. The number of non-ortho nitro benzene ring substituents is 1. The van der Waals surface area contributed by atoms with E-state index < -0.39 is 4.92 Å². The van der Waals surface area contributed by atoms with Crippen molar-refractivity contribution in [2.45, 2.75) is 25.9 Å². The number of nitro groups is 1. The van der Waals surface area contributed by atoms with Crippen LogP contribution in [0.2, 0.25) is 0 Å². The lowest BCUT2D eigenvalue weighted by Crippen LogP contribution is -2.36. The van der Waals surface area contributed by atoms with E-state index in [0.29, 0.717) is 36.2 Å². The van der Waals surface area contributed by atoms with Gasteiger partial charge in [0.2, 0.25) is 0 Å². The summed E-state index contributed by atoms with van der Waals surface area (Å²) < 4.78 is 12.4. The molecule has 1 saturated heterocycles. The Morgan fingerprint density at radius 3 is 2.84 bits per heavy atom. The summed E-state index contributed by atoms with van der Waals surface area (Å²) in [5.74, 6) is 0.467. The molecule has 2 aromatic carbocycles. The number of carbonyl (C=O) groups is 1. The molecule has 1 atom stereocenters. The number of anilines is 1. The van der Waals surface area contributed by atoms with E-state index in [1.54, 1.807) is 23.1 Å². The topological polar surface area (TPSA) is 94.8 Å². The predicted molar refractivity (Wildman–Crippen MR) is 124 cm³/mol. The highest BCUT2D eigenvalue weighted by molar-refractivity contribution is 7.22. The largest absolute Gasteiger partial charge is 0.492 e. The van der Waals surface area contributed by atoms with Crippen molar-refractivity contribution >= 4 is 44.4 Å². The summed E-state index contributed by atoms with van der Waals surface area (Å²) in [6.45, 7) is 3.55. The van der Waals surface area contributed by atoms with Gasteiger partial charge in [-0.25, -0.2) is 4.98 Å². The number of rotatable bonds is 8. The SMILES string of the molecule is CCOc1cccc2sc(N(CC3CCCO3)C(=O)/C=C\c3ccc([N+](=O)[O-])cc3)nc12. The van der Waals surface area contributed by atoms with Crippen molar-refractivity contribution in [3.8, 4) is 5.75 Å². The fourth-order valence-corrected chi connectivity index (χ4v) is 4.52. The third-order valence-corrected chi connectivity index (χ3v) is 6.14. The molecule has 4 rings (SSSR count). The maximum atomic E-state index is 13.2. The first-order valence-corrected chi connectivity index (χ1v) is 11.2. The second-order valence-electron chi connectivity index (χ2n) is 7.30. The Morgan fingerprint density at radius 2 is 2.16 bits per heavy atom. The summed E-state index contributed by atoms with van der Waals surface area (Å²) in [6, 6.07) is 11.8. The third-order valence-electron chi connectivity index (χ3n) is 5.10. The monoisotopic (exact) mass is 453 g/mol. The van der Waals surface area contributed by atoms with E-state index in [-0.39, 0.29) is 17.7 Å². The molecule has 0 N–H and O–H groups in total. The number of benzene rings is 2. The van der Waals surface area contributed by atoms with Gasteiger partial charge in [-0.15, -0.1) is 0 Å². The van der Waals surface area contributed by atoms with E-state index in [4.69, 9.17) is 14.5 Å². The van der Waals surface area contributed by atoms with Crippen LogP contribution in [0, 0.1) is 10.1 Å². The zero-order chi connectivity index (χ0) is 22.5. The molecule has 8 nitrogen and oxygen atoms in total. The van der Waals surface area contributed by atoms with E-state index in [9.17, 15) is 14.9 Å². The first-order chi connectivity index (χ1) is 15.5. The zero-order valence-corrected chi connectivity index (χ0v) is 18.4. The van der Waals surface area contributed by atoms with E-state index in [0.717, 1.165) is 23.1 Å². The Labute approximate surface area is 189 Å². The fraction of sp³-hybridized carbons (Fsp3) is 0.304. The minimum Gasteiger partial charge on any atom is -0.492 e. The molecule has 1 unspecified atom stereocenters. The summed E-state index contributed by atoms with van der Waals surface area (Å²) in [4.78, 5) is 29.9. The number of carbonyl (C=O) groups excluding carboxylic acids is 1. The number of aromatic nitrogens is 1. The lowest BCUT2D eigenvalue weighted by atomic mass is 10.2. The first kappa shape index (κ1) is 21.9. The normalized spacial score (nSPS) is 16.0. The van der Waals surface area contributed by atoms with Crippen molar-refractivity contribution in [3.05, 3.63) is 64.2 Å². The van der Waals surface area contributed by atoms with Crippen molar-refractivity contribution in [2.24, 2.45) is 0 Å². The van der Waals surface area contributed by atoms with Crippen LogP contribution in [-0.4, -0.2) is 41.7 Å². The molecule has 166 valence electrons. The Kier molecular flexibility index (Phi) is 6.77. The molecule has 0 bridgehead atoms. The molecule has 0 radical (unpaired) electrons. The maximum absolute atomic E-state index is 13.2. The van der Waals surface area contributed by atoms with E-state index >= 15 is 0 Å². The Bertz CT molecular complexity index is 1140. The fourth-order valence-electron chi connectivity index (χ4n) is 3.52. The van der Waals surface area contributed by atoms with Crippen LogP contribution in [0.1, 0.15) is 25.3 Å². The van der Waals surface area contributed by atoms with Gasteiger partial charge < -0.3 is 9.47 Å². The Morgan fingerprint density at radius 1 is 1.34 bits per heavy atom. The highest BCUT2D eigenvalue weighted by atomic mass is 32.1. The summed E-state index contributed by atoms with van der Waals surface area (Å²) in [6.07, 6.45) is 4.94. The molecule has 1 amide bonds. The van der Waals surface area contributed by atoms with Crippen LogP contribution in [0.15, 0.2) is 48.5 Å². The van der Waals surface area contributed by atoms with Crippen LogP contribution in [-0.2, 0) is 9.53 Å². The van der Waals surface area contributed by atoms with Crippen molar-refractivity contribution in [2.75, 3.05) is 24.7 Å². The smallest absolute Gasteiger partial charge is 0.269 e. The van der Waals surface area contributed by atoms with E-state index in [1.165, 1.54) is 29.5 Å². The Hall–Kier alpha value is -3.30. The standard InChI is InChI=1S/C23H23N3O5S/c1-2-30-19-6-3-7-20-22(19)24-23(32-20)25(15-18-5-4-14-31-18)21(27)13-10-16-8-11-17(12-9-16)26(28)29/h3,6-13,18H,2,4-5,14-15H2,1H3/b13-10-. The van der Waals surface area contributed by atoms with Crippen molar-refractivity contribution in [3.63, 3.8) is 0 Å². The molecule has 32 heavy (non-hydrogen) atoms. The zero-order valence-electron chi connectivity index (χ0n) is 17.6. The summed E-state index contributed by atoms with van der Waals surface area (Å²) in [7, 11) is 0. The summed E-state index contributed by atoms with van der Waals surface area (Å²) >= 11 is 1.43. The molecule has 9 heteroatoms. The molecular formula is C23H23N3O5S. The van der Waals surface area contributed by atoms with Crippen LogP contribution in [0.4, 0.5) is 10.8 Å². The highest BCUT2D eigenvalue weighted by Crippen LogP contribution is 2.35. The molecule has 3 aromatic rings. The minimum atomic E-state index is -0.453. The molecule has 1 aromatic heterocycles. The lowest BCUT2D eigenvalue weighted by molar-refractivity contribution is -0.384. The Balaban J connectivity index is 1.61. The van der Waals surface area contributed by atoms with E-state index in [1.807, 2.05) is 25.1 Å².